The Morgan fingerprint density at radius 2 is 1.92 bits per heavy atom. The quantitative estimate of drug-likeness (QED) is 0.842. The smallest absolute Gasteiger partial charge is 0.418 e. The largest absolute Gasteiger partial charge is 0.493 e. The molecular weight excluding hydrogens is 337 g/mol. The molecule has 0 spiro atoms. The normalized spacial score (nSPS) is 11.7. The van der Waals surface area contributed by atoms with Gasteiger partial charge in [0, 0.05) is 12.1 Å². The number of nitrogens with zero attached hydrogens (tertiary/aromatic N) is 4. The van der Waals surface area contributed by atoms with Crippen molar-refractivity contribution in [3.05, 3.63) is 51.3 Å². The van der Waals surface area contributed by atoms with Gasteiger partial charge in [0.15, 0.2) is 5.69 Å². The highest BCUT2D eigenvalue weighted by molar-refractivity contribution is 5.57. The summed E-state index contributed by atoms with van der Waals surface area (Å²) < 4.78 is 39.8. The lowest BCUT2D eigenvalue weighted by molar-refractivity contribution is -0.137. The van der Waals surface area contributed by atoms with Crippen LogP contribution in [0.1, 0.15) is 23.6 Å². The maximum atomic E-state index is 13.0. The second-order valence-electron chi connectivity index (χ2n) is 5.05. The Kier molecular flexibility index (Phi) is 4.92. The molecule has 1 aromatic heterocycles. The van der Waals surface area contributed by atoms with Gasteiger partial charge < -0.3 is 5.11 Å². The average molecular weight is 350 g/mol. The van der Waals surface area contributed by atoms with Crippen molar-refractivity contribution in [3.8, 4) is 11.9 Å². The monoisotopic (exact) mass is 350 g/mol. The van der Waals surface area contributed by atoms with Crippen LogP contribution in [0.4, 0.5) is 24.5 Å². The number of pyridine rings is 1. The first-order valence-corrected chi connectivity index (χ1v) is 7.16. The molecule has 6 nitrogen and oxygen atoms in total. The van der Waals surface area contributed by atoms with Crippen LogP contribution < -0.4 is 5.56 Å². The molecule has 0 aliphatic heterocycles. The zero-order valence-corrected chi connectivity index (χ0v) is 13.3. The Balaban J connectivity index is 2.66. The summed E-state index contributed by atoms with van der Waals surface area (Å²) in [7, 11) is 0. The average Bonchev–Trinajstić information content (AvgIpc) is 2.55. The minimum Gasteiger partial charge on any atom is -0.493 e. The molecule has 1 aromatic carbocycles. The third-order valence-electron chi connectivity index (χ3n) is 3.55. The van der Waals surface area contributed by atoms with Crippen molar-refractivity contribution >= 4 is 11.4 Å². The molecule has 2 rings (SSSR count). The SMILES string of the molecule is CCn1c(O)c(C#N)c(C)c(N=Nc2ccccc2C(F)(F)F)c1=O. The van der Waals surface area contributed by atoms with Crippen LogP contribution in [0.3, 0.4) is 0 Å². The highest BCUT2D eigenvalue weighted by Gasteiger charge is 2.33. The zero-order valence-electron chi connectivity index (χ0n) is 13.3. The number of halogens is 3. The van der Waals surface area contributed by atoms with Gasteiger partial charge >= 0.3 is 6.18 Å². The summed E-state index contributed by atoms with van der Waals surface area (Å²) in [6.07, 6.45) is -4.62. The summed E-state index contributed by atoms with van der Waals surface area (Å²) >= 11 is 0. The van der Waals surface area contributed by atoms with Gasteiger partial charge in [-0.2, -0.15) is 18.4 Å². The summed E-state index contributed by atoms with van der Waals surface area (Å²) in [6.45, 7) is 2.99. The van der Waals surface area contributed by atoms with Gasteiger partial charge in [0.25, 0.3) is 5.56 Å². The molecule has 2 aromatic rings. The fraction of sp³-hybridized carbons (Fsp3) is 0.250. The van der Waals surface area contributed by atoms with E-state index in [0.717, 1.165) is 16.7 Å². The highest BCUT2D eigenvalue weighted by Crippen LogP contribution is 2.37. The number of hydrogen-bond donors (Lipinski definition) is 1. The first kappa shape index (κ1) is 18.2. The number of aromatic hydroxyl groups is 1. The lowest BCUT2D eigenvalue weighted by Crippen LogP contribution is -2.20. The summed E-state index contributed by atoms with van der Waals surface area (Å²) in [5, 5.41) is 26.2. The number of benzene rings is 1. The van der Waals surface area contributed by atoms with Crippen molar-refractivity contribution < 1.29 is 18.3 Å². The third kappa shape index (κ3) is 3.38. The number of aromatic nitrogens is 1. The fourth-order valence-electron chi connectivity index (χ4n) is 2.25. The molecule has 0 amide bonds. The van der Waals surface area contributed by atoms with Gasteiger partial charge in [0.05, 0.1) is 11.3 Å². The zero-order chi connectivity index (χ0) is 18.8. The van der Waals surface area contributed by atoms with E-state index in [1.165, 1.54) is 19.1 Å². The lowest BCUT2D eigenvalue weighted by atomic mass is 10.1. The standard InChI is InChI=1S/C16H13F3N4O2/c1-3-23-14(24)10(8-20)9(2)13(15(23)25)22-21-12-7-5-4-6-11(12)16(17,18)19/h4-7,24H,3H2,1-2H3. The van der Waals surface area contributed by atoms with Gasteiger partial charge in [-0.3, -0.25) is 9.36 Å². The van der Waals surface area contributed by atoms with Crippen molar-refractivity contribution in [2.45, 2.75) is 26.6 Å². The van der Waals surface area contributed by atoms with Gasteiger partial charge in [0.2, 0.25) is 5.88 Å². The van der Waals surface area contributed by atoms with E-state index in [1.54, 1.807) is 13.0 Å². The number of rotatable bonds is 3. The minimum absolute atomic E-state index is 0.0444. The van der Waals surface area contributed by atoms with Crippen LogP contribution in [-0.4, -0.2) is 9.67 Å². The van der Waals surface area contributed by atoms with Crippen LogP contribution in [0, 0.1) is 18.3 Å². The molecule has 0 radical (unpaired) electrons. The molecule has 0 aliphatic rings. The predicted molar refractivity (Wildman–Crippen MR) is 83.1 cm³/mol. The van der Waals surface area contributed by atoms with Crippen LogP contribution in [0.15, 0.2) is 39.3 Å². The van der Waals surface area contributed by atoms with E-state index in [2.05, 4.69) is 10.2 Å². The van der Waals surface area contributed by atoms with Crippen molar-refractivity contribution in [3.63, 3.8) is 0 Å². The molecule has 130 valence electrons. The Morgan fingerprint density at radius 3 is 2.48 bits per heavy atom. The molecule has 0 aliphatic carbocycles. The first-order valence-electron chi connectivity index (χ1n) is 7.16. The van der Waals surface area contributed by atoms with E-state index < -0.39 is 28.9 Å². The Hall–Kier alpha value is -3.15. The van der Waals surface area contributed by atoms with Crippen molar-refractivity contribution in [1.29, 1.82) is 5.26 Å². The third-order valence-corrected chi connectivity index (χ3v) is 3.55. The molecular formula is C16H13F3N4O2. The van der Waals surface area contributed by atoms with E-state index >= 15 is 0 Å². The Bertz CT molecular complexity index is 940. The van der Waals surface area contributed by atoms with Gasteiger partial charge in [0.1, 0.15) is 11.6 Å². The molecule has 25 heavy (non-hydrogen) atoms. The van der Waals surface area contributed by atoms with Crippen molar-refractivity contribution in [2.24, 2.45) is 10.2 Å². The Labute approximate surface area is 140 Å². The maximum Gasteiger partial charge on any atom is 0.418 e. The van der Waals surface area contributed by atoms with Crippen LogP contribution in [0.25, 0.3) is 0 Å². The molecule has 9 heteroatoms. The molecule has 0 fully saturated rings. The van der Waals surface area contributed by atoms with Gasteiger partial charge in [-0.05, 0) is 26.0 Å². The van der Waals surface area contributed by atoms with Crippen molar-refractivity contribution in [1.82, 2.24) is 4.57 Å². The number of hydrogen-bond acceptors (Lipinski definition) is 5. The van der Waals surface area contributed by atoms with E-state index in [-0.39, 0.29) is 23.4 Å². The highest BCUT2D eigenvalue weighted by atomic mass is 19.4. The minimum atomic E-state index is -4.62. The lowest BCUT2D eigenvalue weighted by Gasteiger charge is -2.11. The van der Waals surface area contributed by atoms with Gasteiger partial charge in [-0.25, -0.2) is 0 Å². The summed E-state index contributed by atoms with van der Waals surface area (Å²) in [4.78, 5) is 12.3. The fourth-order valence-corrected chi connectivity index (χ4v) is 2.25. The number of azo groups is 1. The van der Waals surface area contributed by atoms with E-state index in [0.29, 0.717) is 0 Å². The van der Waals surface area contributed by atoms with Gasteiger partial charge in [-0.15, -0.1) is 10.2 Å². The predicted octanol–water partition coefficient (Wildman–Crippen LogP) is 4.19. The summed E-state index contributed by atoms with van der Waals surface area (Å²) in [5.41, 5.74) is -2.63. The second-order valence-corrected chi connectivity index (χ2v) is 5.05. The van der Waals surface area contributed by atoms with Crippen LogP contribution >= 0.6 is 0 Å². The molecule has 1 N–H and O–H groups in total. The summed E-state index contributed by atoms with van der Waals surface area (Å²) in [6, 6.07) is 6.29. The van der Waals surface area contributed by atoms with Gasteiger partial charge in [-0.1, -0.05) is 12.1 Å². The first-order chi connectivity index (χ1) is 11.7. The topological polar surface area (TPSA) is 90.7 Å². The molecule has 0 unspecified atom stereocenters. The molecule has 0 saturated heterocycles. The van der Waals surface area contributed by atoms with E-state index in [4.69, 9.17) is 5.26 Å². The summed E-state index contributed by atoms with van der Waals surface area (Å²) in [5.74, 6) is -0.512. The van der Waals surface area contributed by atoms with Crippen LogP contribution in [0.2, 0.25) is 0 Å². The molecule has 1 heterocycles. The molecule has 0 atom stereocenters. The van der Waals surface area contributed by atoms with Crippen molar-refractivity contribution in [2.75, 3.05) is 0 Å². The van der Waals surface area contributed by atoms with E-state index in [9.17, 15) is 23.1 Å². The van der Waals surface area contributed by atoms with E-state index in [1.807, 2.05) is 0 Å². The van der Waals surface area contributed by atoms with Crippen LogP contribution in [-0.2, 0) is 12.7 Å². The molecule has 0 bridgehead atoms. The van der Waals surface area contributed by atoms with Crippen LogP contribution in [0.5, 0.6) is 5.88 Å². The Morgan fingerprint density at radius 1 is 1.28 bits per heavy atom. The second kappa shape index (κ2) is 6.76. The number of alkyl halides is 3. The molecule has 0 saturated carbocycles. The number of nitriles is 1. The maximum absolute atomic E-state index is 13.0.